The molecule has 0 saturated carbocycles. The van der Waals surface area contributed by atoms with E-state index >= 15 is 0 Å². The fourth-order valence-electron chi connectivity index (χ4n) is 2.70. The highest BCUT2D eigenvalue weighted by atomic mass is 16.3. The van der Waals surface area contributed by atoms with Crippen LogP contribution in [0, 0.1) is 11.8 Å². The topological polar surface area (TPSA) is 43.7 Å². The summed E-state index contributed by atoms with van der Waals surface area (Å²) in [5, 5.41) is 19.2. The van der Waals surface area contributed by atoms with Crippen LogP contribution in [0.4, 0.5) is 0 Å². The molecule has 0 amide bonds. The van der Waals surface area contributed by atoms with Crippen LogP contribution in [-0.4, -0.2) is 47.5 Å². The molecular formula is C15H23NO2. The molecule has 3 nitrogen and oxygen atoms in total. The van der Waals surface area contributed by atoms with Gasteiger partial charge in [0.15, 0.2) is 0 Å². The van der Waals surface area contributed by atoms with Gasteiger partial charge in [-0.25, -0.2) is 0 Å². The van der Waals surface area contributed by atoms with Gasteiger partial charge in [0.1, 0.15) is 0 Å². The van der Waals surface area contributed by atoms with Gasteiger partial charge in [0, 0.05) is 32.2 Å². The zero-order valence-corrected chi connectivity index (χ0v) is 11.0. The molecule has 0 spiro atoms. The lowest BCUT2D eigenvalue weighted by atomic mass is 9.92. The van der Waals surface area contributed by atoms with E-state index in [4.69, 9.17) is 0 Å². The highest BCUT2D eigenvalue weighted by Gasteiger charge is 2.34. The van der Waals surface area contributed by atoms with Crippen molar-refractivity contribution in [1.82, 2.24) is 4.90 Å². The first kappa shape index (κ1) is 13.5. The van der Waals surface area contributed by atoms with E-state index in [0.29, 0.717) is 0 Å². The largest absolute Gasteiger partial charge is 0.396 e. The molecule has 1 saturated heterocycles. The van der Waals surface area contributed by atoms with E-state index in [9.17, 15) is 10.2 Å². The smallest absolute Gasteiger partial charge is 0.0710 e. The molecule has 0 aliphatic carbocycles. The van der Waals surface area contributed by atoms with Gasteiger partial charge in [-0.1, -0.05) is 37.3 Å². The molecule has 1 aliphatic heterocycles. The van der Waals surface area contributed by atoms with Gasteiger partial charge in [-0.05, 0) is 17.9 Å². The minimum Gasteiger partial charge on any atom is -0.396 e. The Hall–Kier alpha value is -0.900. The van der Waals surface area contributed by atoms with Crippen molar-refractivity contribution in [3.05, 3.63) is 35.9 Å². The van der Waals surface area contributed by atoms with Crippen LogP contribution in [0.3, 0.4) is 0 Å². The first-order chi connectivity index (χ1) is 8.70. The van der Waals surface area contributed by atoms with Crippen molar-refractivity contribution in [3.63, 3.8) is 0 Å². The molecule has 1 fully saturated rings. The summed E-state index contributed by atoms with van der Waals surface area (Å²) in [4.78, 5) is 2.30. The van der Waals surface area contributed by atoms with E-state index < -0.39 is 0 Å². The average Bonchev–Trinajstić information content (AvgIpc) is 2.78. The van der Waals surface area contributed by atoms with Gasteiger partial charge in [0.2, 0.25) is 0 Å². The van der Waals surface area contributed by atoms with E-state index in [1.54, 1.807) is 0 Å². The molecule has 1 heterocycles. The Morgan fingerprint density at radius 2 is 2.00 bits per heavy atom. The monoisotopic (exact) mass is 249 g/mol. The summed E-state index contributed by atoms with van der Waals surface area (Å²) in [6, 6.07) is 10.4. The first-order valence-electron chi connectivity index (χ1n) is 6.76. The summed E-state index contributed by atoms with van der Waals surface area (Å²) >= 11 is 0. The number of rotatable bonds is 5. The van der Waals surface area contributed by atoms with Crippen molar-refractivity contribution < 1.29 is 10.2 Å². The zero-order valence-electron chi connectivity index (χ0n) is 11.0. The number of likely N-dealkylation sites (tertiary alicyclic amines) is 1. The minimum absolute atomic E-state index is 0.161. The lowest BCUT2D eigenvalue weighted by molar-refractivity contribution is 0.0898. The second-order valence-electron chi connectivity index (χ2n) is 5.39. The predicted octanol–water partition coefficient (Wildman–Crippen LogP) is 1.15. The normalized spacial score (nSPS) is 26.4. The highest BCUT2D eigenvalue weighted by Crippen LogP contribution is 2.24. The van der Waals surface area contributed by atoms with Crippen LogP contribution >= 0.6 is 0 Å². The lowest BCUT2D eigenvalue weighted by Gasteiger charge is -2.19. The third kappa shape index (κ3) is 3.31. The second kappa shape index (κ2) is 6.32. The third-order valence-corrected chi connectivity index (χ3v) is 3.99. The van der Waals surface area contributed by atoms with Crippen LogP contribution in [0.15, 0.2) is 30.3 Å². The predicted molar refractivity (Wildman–Crippen MR) is 72.3 cm³/mol. The van der Waals surface area contributed by atoms with Crippen LogP contribution in [-0.2, 0) is 6.42 Å². The summed E-state index contributed by atoms with van der Waals surface area (Å²) in [6.45, 7) is 4.79. The number of β-amino-alcohol motifs (C(OH)–C–C–N with tert-alkyl or cyclic N) is 1. The summed E-state index contributed by atoms with van der Waals surface area (Å²) in [5.41, 5.74) is 1.34. The quantitative estimate of drug-likeness (QED) is 0.823. The lowest BCUT2D eigenvalue weighted by Crippen LogP contribution is -2.26. The van der Waals surface area contributed by atoms with Crippen LogP contribution in [0.1, 0.15) is 12.5 Å². The van der Waals surface area contributed by atoms with Gasteiger partial charge in [-0.3, -0.25) is 0 Å². The van der Waals surface area contributed by atoms with Crippen molar-refractivity contribution in [2.75, 3.05) is 26.2 Å². The minimum atomic E-state index is -0.289. The number of hydrogen-bond donors (Lipinski definition) is 2. The molecular weight excluding hydrogens is 226 g/mol. The average molecular weight is 249 g/mol. The molecule has 2 N–H and O–H groups in total. The van der Waals surface area contributed by atoms with Crippen LogP contribution in [0.25, 0.3) is 0 Å². The maximum atomic E-state index is 10.0. The van der Waals surface area contributed by atoms with Gasteiger partial charge in [0.05, 0.1) is 6.10 Å². The number of aliphatic hydroxyl groups excluding tert-OH is 2. The molecule has 100 valence electrons. The maximum Gasteiger partial charge on any atom is 0.0710 e. The van der Waals surface area contributed by atoms with E-state index in [1.165, 1.54) is 5.56 Å². The Bertz CT molecular complexity index is 355. The molecule has 0 bridgehead atoms. The van der Waals surface area contributed by atoms with Crippen molar-refractivity contribution in [3.8, 4) is 0 Å². The van der Waals surface area contributed by atoms with Gasteiger partial charge in [-0.15, -0.1) is 0 Å². The van der Waals surface area contributed by atoms with E-state index in [2.05, 4.69) is 29.2 Å². The molecule has 1 aromatic rings. The fraction of sp³-hybridized carbons (Fsp3) is 0.600. The van der Waals surface area contributed by atoms with E-state index in [-0.39, 0.29) is 24.5 Å². The van der Waals surface area contributed by atoms with Crippen LogP contribution < -0.4 is 0 Å². The second-order valence-corrected chi connectivity index (χ2v) is 5.39. The Morgan fingerprint density at radius 1 is 1.28 bits per heavy atom. The summed E-state index contributed by atoms with van der Waals surface area (Å²) in [7, 11) is 0. The van der Waals surface area contributed by atoms with E-state index in [0.717, 1.165) is 26.1 Å². The molecule has 0 aromatic heterocycles. The third-order valence-electron chi connectivity index (χ3n) is 3.99. The van der Waals surface area contributed by atoms with Crippen LogP contribution in [0.5, 0.6) is 0 Å². The maximum absolute atomic E-state index is 10.0. The Labute approximate surface area is 109 Å². The molecule has 1 aromatic carbocycles. The van der Waals surface area contributed by atoms with Gasteiger partial charge in [-0.2, -0.15) is 0 Å². The van der Waals surface area contributed by atoms with Crippen molar-refractivity contribution in [2.45, 2.75) is 19.4 Å². The Morgan fingerprint density at radius 3 is 2.67 bits per heavy atom. The molecule has 3 heteroatoms. The van der Waals surface area contributed by atoms with Crippen molar-refractivity contribution >= 4 is 0 Å². The molecule has 3 atom stereocenters. The molecule has 2 rings (SSSR count). The standard InChI is InChI=1S/C15H23NO2/c1-12(11-17)14-9-16(10-15(14)18)8-7-13-5-3-2-4-6-13/h2-6,12,14-15,17-18H,7-11H2,1H3/t12?,14-,15+/m1/s1. The molecule has 18 heavy (non-hydrogen) atoms. The van der Waals surface area contributed by atoms with Gasteiger partial charge < -0.3 is 15.1 Å². The summed E-state index contributed by atoms with van der Waals surface area (Å²) in [6.07, 6.45) is 0.733. The van der Waals surface area contributed by atoms with Crippen molar-refractivity contribution in [1.29, 1.82) is 0 Å². The summed E-state index contributed by atoms with van der Waals surface area (Å²) < 4.78 is 0. The Balaban J connectivity index is 1.82. The SMILES string of the molecule is CC(CO)[C@H]1CN(CCc2ccccc2)C[C@@H]1O. The number of nitrogens with zero attached hydrogens (tertiary/aromatic N) is 1. The molecule has 1 unspecified atom stereocenters. The van der Waals surface area contributed by atoms with Crippen LogP contribution in [0.2, 0.25) is 0 Å². The number of benzene rings is 1. The van der Waals surface area contributed by atoms with Gasteiger partial charge >= 0.3 is 0 Å². The highest BCUT2D eigenvalue weighted by molar-refractivity contribution is 5.14. The molecule has 0 radical (unpaired) electrons. The van der Waals surface area contributed by atoms with Gasteiger partial charge in [0.25, 0.3) is 0 Å². The zero-order chi connectivity index (χ0) is 13.0. The Kier molecular flexibility index (Phi) is 4.75. The summed E-state index contributed by atoms with van der Waals surface area (Å²) in [5.74, 6) is 0.396. The number of aliphatic hydroxyl groups is 2. The first-order valence-corrected chi connectivity index (χ1v) is 6.76. The van der Waals surface area contributed by atoms with Crippen molar-refractivity contribution in [2.24, 2.45) is 11.8 Å². The number of hydrogen-bond acceptors (Lipinski definition) is 3. The fourth-order valence-corrected chi connectivity index (χ4v) is 2.70. The molecule has 1 aliphatic rings. The van der Waals surface area contributed by atoms with E-state index in [1.807, 2.05) is 13.0 Å².